The number of aliphatic imine (C=N–C) groups is 1. The van der Waals surface area contributed by atoms with Crippen LogP contribution in [0.2, 0.25) is 5.02 Å². The second kappa shape index (κ2) is 6.89. The Bertz CT molecular complexity index is 939. The molecule has 0 aliphatic rings. The highest BCUT2D eigenvalue weighted by molar-refractivity contribution is 6.31. The molecule has 0 aliphatic carbocycles. The number of hydrogen-bond donors (Lipinski definition) is 1. The van der Waals surface area contributed by atoms with E-state index in [2.05, 4.69) is 10.1 Å². The van der Waals surface area contributed by atoms with Gasteiger partial charge in [-0.1, -0.05) is 48.0 Å². The number of rotatable bonds is 4. The summed E-state index contributed by atoms with van der Waals surface area (Å²) >= 11 is 6.16. The number of halogens is 1. The van der Waals surface area contributed by atoms with Gasteiger partial charge >= 0.3 is 0 Å². The molecular weight excluding hydrogens is 322 g/mol. The molecule has 2 aromatic carbocycles. The van der Waals surface area contributed by atoms with Crippen molar-refractivity contribution in [1.29, 1.82) is 0 Å². The summed E-state index contributed by atoms with van der Waals surface area (Å²) in [6.07, 6.45) is 0. The number of nitrogens with one attached hydrogen (secondary N) is 1. The smallest absolute Gasteiger partial charge is 0.280 e. The Balaban J connectivity index is 1.95. The first-order valence-corrected chi connectivity index (χ1v) is 8.07. The van der Waals surface area contributed by atoms with Gasteiger partial charge in [0.25, 0.3) is 5.56 Å². The molecule has 24 heavy (non-hydrogen) atoms. The summed E-state index contributed by atoms with van der Waals surface area (Å²) in [6.45, 7) is 4.18. The van der Waals surface area contributed by atoms with E-state index in [4.69, 9.17) is 11.6 Å². The van der Waals surface area contributed by atoms with E-state index in [1.165, 1.54) is 0 Å². The molecule has 1 N–H and O–H groups in total. The minimum atomic E-state index is -0.0980. The zero-order valence-electron chi connectivity index (χ0n) is 13.6. The Morgan fingerprint density at radius 2 is 1.79 bits per heavy atom. The monoisotopic (exact) mass is 339 g/mol. The molecule has 1 aromatic heterocycles. The van der Waals surface area contributed by atoms with Crippen LogP contribution in [0.4, 0.5) is 0 Å². The summed E-state index contributed by atoms with van der Waals surface area (Å²) in [7, 11) is 0. The lowest BCUT2D eigenvalue weighted by molar-refractivity contribution is 0.835. The molecule has 0 bridgehead atoms. The minimum Gasteiger partial charge on any atom is -0.295 e. The van der Waals surface area contributed by atoms with Gasteiger partial charge in [0, 0.05) is 16.4 Å². The highest BCUT2D eigenvalue weighted by Crippen LogP contribution is 2.16. The predicted octanol–water partition coefficient (Wildman–Crippen LogP) is 4.14. The van der Waals surface area contributed by atoms with E-state index in [9.17, 15) is 4.79 Å². The Morgan fingerprint density at radius 1 is 1.12 bits per heavy atom. The maximum atomic E-state index is 12.7. The molecule has 122 valence electrons. The van der Waals surface area contributed by atoms with Crippen LogP contribution in [-0.2, 0) is 6.54 Å². The lowest BCUT2D eigenvalue weighted by Gasteiger charge is -2.02. The SMILES string of the molecule is CC(=NCc1ccccc1Cl)c1c(C)[nH]n(-c2ccccc2)c1=O. The van der Waals surface area contributed by atoms with Crippen molar-refractivity contribution in [2.45, 2.75) is 20.4 Å². The molecule has 0 fully saturated rings. The van der Waals surface area contributed by atoms with Gasteiger partial charge in [0.2, 0.25) is 0 Å². The number of aromatic nitrogens is 2. The van der Waals surface area contributed by atoms with Crippen molar-refractivity contribution in [2.24, 2.45) is 4.99 Å². The first-order chi connectivity index (χ1) is 11.6. The van der Waals surface area contributed by atoms with Gasteiger partial charge in [-0.3, -0.25) is 14.9 Å². The van der Waals surface area contributed by atoms with E-state index in [1.807, 2.05) is 68.4 Å². The standard InChI is InChI=1S/C19H18ClN3O/c1-13(21-12-15-8-6-7-11-17(15)20)18-14(2)22-23(19(18)24)16-9-4-3-5-10-16/h3-11,22H,12H2,1-2H3. The number of hydrogen-bond acceptors (Lipinski definition) is 2. The van der Waals surface area contributed by atoms with Gasteiger partial charge in [0.15, 0.2) is 0 Å². The summed E-state index contributed by atoms with van der Waals surface area (Å²) in [5.41, 5.74) is 3.74. The van der Waals surface area contributed by atoms with Crippen LogP contribution < -0.4 is 5.56 Å². The number of para-hydroxylation sites is 1. The van der Waals surface area contributed by atoms with Crippen LogP contribution in [0.5, 0.6) is 0 Å². The van der Waals surface area contributed by atoms with Crippen LogP contribution >= 0.6 is 11.6 Å². The Hall–Kier alpha value is -2.59. The molecule has 0 radical (unpaired) electrons. The number of aromatic amines is 1. The van der Waals surface area contributed by atoms with E-state index < -0.39 is 0 Å². The zero-order valence-corrected chi connectivity index (χ0v) is 14.3. The van der Waals surface area contributed by atoms with Crippen LogP contribution in [0.1, 0.15) is 23.7 Å². The normalized spacial score (nSPS) is 11.7. The Morgan fingerprint density at radius 3 is 2.50 bits per heavy atom. The highest BCUT2D eigenvalue weighted by Gasteiger charge is 2.14. The molecule has 0 unspecified atom stereocenters. The third-order valence-corrected chi connectivity index (χ3v) is 4.26. The molecule has 0 saturated carbocycles. The fourth-order valence-electron chi connectivity index (χ4n) is 2.64. The number of H-pyrrole nitrogens is 1. The largest absolute Gasteiger partial charge is 0.295 e. The average Bonchev–Trinajstić information content (AvgIpc) is 2.89. The van der Waals surface area contributed by atoms with Crippen molar-refractivity contribution in [1.82, 2.24) is 9.78 Å². The first-order valence-electron chi connectivity index (χ1n) is 7.70. The predicted molar refractivity (Wildman–Crippen MR) is 98.5 cm³/mol. The van der Waals surface area contributed by atoms with Gasteiger partial charge in [-0.2, -0.15) is 0 Å². The zero-order chi connectivity index (χ0) is 17.1. The van der Waals surface area contributed by atoms with Crippen molar-refractivity contribution >= 4 is 17.3 Å². The number of nitrogens with zero attached hydrogens (tertiary/aromatic N) is 2. The van der Waals surface area contributed by atoms with Crippen molar-refractivity contribution in [2.75, 3.05) is 0 Å². The highest BCUT2D eigenvalue weighted by atomic mass is 35.5. The van der Waals surface area contributed by atoms with Crippen molar-refractivity contribution < 1.29 is 0 Å². The lowest BCUT2D eigenvalue weighted by Crippen LogP contribution is -2.19. The van der Waals surface area contributed by atoms with Crippen LogP contribution in [0.25, 0.3) is 5.69 Å². The van der Waals surface area contributed by atoms with E-state index in [0.717, 1.165) is 16.9 Å². The van der Waals surface area contributed by atoms with Gasteiger partial charge in [-0.25, -0.2) is 4.68 Å². The van der Waals surface area contributed by atoms with Gasteiger partial charge in [-0.05, 0) is 37.6 Å². The second-order valence-corrected chi connectivity index (χ2v) is 5.99. The molecular formula is C19H18ClN3O. The van der Waals surface area contributed by atoms with Gasteiger partial charge < -0.3 is 0 Å². The molecule has 0 atom stereocenters. The summed E-state index contributed by atoms with van der Waals surface area (Å²) in [5.74, 6) is 0. The molecule has 3 aromatic rings. The molecule has 0 saturated heterocycles. The van der Waals surface area contributed by atoms with Crippen LogP contribution in [-0.4, -0.2) is 15.5 Å². The van der Waals surface area contributed by atoms with E-state index in [-0.39, 0.29) is 5.56 Å². The minimum absolute atomic E-state index is 0.0980. The third-order valence-electron chi connectivity index (χ3n) is 3.89. The third kappa shape index (κ3) is 3.19. The lowest BCUT2D eigenvalue weighted by atomic mass is 10.1. The molecule has 4 nitrogen and oxygen atoms in total. The van der Waals surface area contributed by atoms with E-state index in [0.29, 0.717) is 22.8 Å². The van der Waals surface area contributed by atoms with Gasteiger partial charge in [0.05, 0.1) is 17.8 Å². The fourth-order valence-corrected chi connectivity index (χ4v) is 2.84. The van der Waals surface area contributed by atoms with Crippen LogP contribution in [0, 0.1) is 6.92 Å². The molecule has 5 heteroatoms. The van der Waals surface area contributed by atoms with E-state index >= 15 is 0 Å². The van der Waals surface area contributed by atoms with Crippen LogP contribution in [0.3, 0.4) is 0 Å². The second-order valence-electron chi connectivity index (χ2n) is 5.58. The number of aryl methyl sites for hydroxylation is 1. The molecule has 0 aliphatic heterocycles. The van der Waals surface area contributed by atoms with Gasteiger partial charge in [0.1, 0.15) is 0 Å². The molecule has 1 heterocycles. The molecule has 0 amide bonds. The first kappa shape index (κ1) is 16.3. The summed E-state index contributed by atoms with van der Waals surface area (Å²) in [4.78, 5) is 17.3. The Labute approximate surface area is 145 Å². The quantitative estimate of drug-likeness (QED) is 0.714. The van der Waals surface area contributed by atoms with Crippen molar-refractivity contribution in [3.63, 3.8) is 0 Å². The van der Waals surface area contributed by atoms with Crippen molar-refractivity contribution in [3.05, 3.63) is 86.8 Å². The average molecular weight is 340 g/mol. The topological polar surface area (TPSA) is 50.1 Å². The van der Waals surface area contributed by atoms with Gasteiger partial charge in [-0.15, -0.1) is 0 Å². The van der Waals surface area contributed by atoms with E-state index in [1.54, 1.807) is 4.68 Å². The molecule has 3 rings (SSSR count). The number of benzene rings is 2. The maximum Gasteiger partial charge on any atom is 0.280 e. The summed E-state index contributed by atoms with van der Waals surface area (Å²) in [5, 5.41) is 3.80. The Kier molecular flexibility index (Phi) is 4.67. The van der Waals surface area contributed by atoms with Crippen molar-refractivity contribution in [3.8, 4) is 5.69 Å². The van der Waals surface area contributed by atoms with Crippen LogP contribution in [0.15, 0.2) is 64.4 Å². The maximum absolute atomic E-state index is 12.7. The summed E-state index contributed by atoms with van der Waals surface area (Å²) < 4.78 is 1.54. The fraction of sp³-hybridized carbons (Fsp3) is 0.158. The molecule has 0 spiro atoms. The summed E-state index contributed by atoms with van der Waals surface area (Å²) in [6, 6.07) is 17.1.